The molecule has 1 aromatic heterocycles. The Labute approximate surface area is 142 Å². The minimum absolute atomic E-state index is 0.0208. The van der Waals surface area contributed by atoms with Crippen LogP contribution >= 0.6 is 15.9 Å². The van der Waals surface area contributed by atoms with E-state index in [1.54, 1.807) is 27.3 Å². The number of aromatic nitrogens is 2. The Kier molecular flexibility index (Phi) is 4.05. The van der Waals surface area contributed by atoms with E-state index < -0.39 is 0 Å². The normalized spacial score (nSPS) is 10.9. The maximum absolute atomic E-state index is 12.5. The summed E-state index contributed by atoms with van der Waals surface area (Å²) in [5.74, 6) is -0.0208. The average Bonchev–Trinajstić information content (AvgIpc) is 2.80. The van der Waals surface area contributed by atoms with E-state index in [-0.39, 0.29) is 12.3 Å². The van der Waals surface area contributed by atoms with Crippen molar-refractivity contribution in [2.45, 2.75) is 6.54 Å². The molecular formula is C18H16BrN3O. The van der Waals surface area contributed by atoms with Crippen molar-refractivity contribution in [1.82, 2.24) is 9.13 Å². The molecule has 0 bridgehead atoms. The number of rotatable bonds is 4. The molecule has 0 radical (unpaired) electrons. The maximum atomic E-state index is 12.5. The first-order chi connectivity index (χ1) is 11.0. The van der Waals surface area contributed by atoms with E-state index >= 15 is 0 Å². The van der Waals surface area contributed by atoms with Crippen molar-refractivity contribution < 1.29 is 4.79 Å². The zero-order chi connectivity index (χ0) is 16.6. The van der Waals surface area contributed by atoms with Gasteiger partial charge in [0.15, 0.2) is 5.78 Å². The minimum Gasteiger partial charge on any atom is -0.313 e. The molecule has 3 aromatic rings. The van der Waals surface area contributed by atoms with Crippen molar-refractivity contribution in [3.05, 3.63) is 70.3 Å². The second-order valence-corrected chi connectivity index (χ2v) is 6.23. The van der Waals surface area contributed by atoms with Crippen LogP contribution in [-0.2, 0) is 13.6 Å². The van der Waals surface area contributed by atoms with Gasteiger partial charge in [0.2, 0.25) is 5.62 Å². The third kappa shape index (κ3) is 2.68. The zero-order valence-corrected chi connectivity index (χ0v) is 14.3. The molecular weight excluding hydrogens is 354 g/mol. The fourth-order valence-electron chi connectivity index (χ4n) is 2.73. The molecule has 0 aliphatic rings. The fourth-order valence-corrected chi connectivity index (χ4v) is 2.99. The molecule has 0 aliphatic carbocycles. The van der Waals surface area contributed by atoms with Gasteiger partial charge in [0.1, 0.15) is 0 Å². The number of halogens is 1. The number of imidazole rings is 1. The molecule has 0 saturated heterocycles. The number of aryl methyl sites for hydroxylation is 1. The number of ketones is 1. The minimum atomic E-state index is -0.0208. The van der Waals surface area contributed by atoms with Crippen molar-refractivity contribution in [1.29, 1.82) is 5.41 Å². The van der Waals surface area contributed by atoms with Crippen LogP contribution in [0.5, 0.6) is 0 Å². The highest BCUT2D eigenvalue weighted by atomic mass is 79.9. The number of hydrogen-bond acceptors (Lipinski definition) is 2. The molecule has 1 heterocycles. The van der Waals surface area contributed by atoms with Gasteiger partial charge in [-0.15, -0.1) is 0 Å². The molecule has 5 heteroatoms. The van der Waals surface area contributed by atoms with Gasteiger partial charge in [0.05, 0.1) is 17.6 Å². The van der Waals surface area contributed by atoms with Crippen LogP contribution in [0.2, 0.25) is 0 Å². The summed E-state index contributed by atoms with van der Waals surface area (Å²) in [7, 11) is 1.83. The molecule has 23 heavy (non-hydrogen) atoms. The summed E-state index contributed by atoms with van der Waals surface area (Å²) in [4.78, 5) is 12.5. The number of para-hydroxylation sites is 1. The van der Waals surface area contributed by atoms with Gasteiger partial charge in [-0.05, 0) is 23.8 Å². The molecule has 116 valence electrons. The van der Waals surface area contributed by atoms with Crippen LogP contribution in [0.3, 0.4) is 0 Å². The second-order valence-electron chi connectivity index (χ2n) is 5.32. The molecule has 0 spiro atoms. The van der Waals surface area contributed by atoms with E-state index in [1.165, 1.54) is 0 Å². The Morgan fingerprint density at radius 2 is 1.96 bits per heavy atom. The van der Waals surface area contributed by atoms with E-state index in [2.05, 4.69) is 22.5 Å². The summed E-state index contributed by atoms with van der Waals surface area (Å²) in [6.07, 6.45) is 1.77. The molecule has 0 saturated carbocycles. The molecule has 2 aromatic carbocycles. The molecule has 0 fully saturated rings. The first kappa shape index (κ1) is 15.5. The number of carbonyl (C=O) groups is 1. The number of nitrogens with zero attached hydrogens (tertiary/aromatic N) is 2. The molecule has 0 unspecified atom stereocenters. The molecule has 3 rings (SSSR count). The smallest absolute Gasteiger partial charge is 0.203 e. The topological polar surface area (TPSA) is 50.8 Å². The lowest BCUT2D eigenvalue weighted by atomic mass is 10.1. The average molecular weight is 370 g/mol. The van der Waals surface area contributed by atoms with E-state index in [0.717, 1.165) is 21.1 Å². The van der Waals surface area contributed by atoms with Gasteiger partial charge in [0, 0.05) is 17.1 Å². The van der Waals surface area contributed by atoms with E-state index in [9.17, 15) is 4.79 Å². The molecule has 4 nitrogen and oxygen atoms in total. The van der Waals surface area contributed by atoms with Crippen LogP contribution in [-0.4, -0.2) is 14.9 Å². The van der Waals surface area contributed by atoms with Crippen LogP contribution in [0.1, 0.15) is 15.9 Å². The summed E-state index contributed by atoms with van der Waals surface area (Å²) in [5.41, 5.74) is 3.65. The first-order valence-corrected chi connectivity index (χ1v) is 7.96. The van der Waals surface area contributed by atoms with Crippen LogP contribution in [0.25, 0.3) is 17.1 Å². The first-order valence-electron chi connectivity index (χ1n) is 7.17. The van der Waals surface area contributed by atoms with Crippen molar-refractivity contribution in [3.63, 3.8) is 0 Å². The van der Waals surface area contributed by atoms with Crippen LogP contribution < -0.4 is 5.62 Å². The van der Waals surface area contributed by atoms with Crippen LogP contribution in [0.15, 0.2) is 53.5 Å². The molecule has 0 amide bonds. The number of Topliss-reactive ketones (excluding diaryl/α,β-unsaturated/α-hetero) is 1. The fraction of sp³-hybridized carbons (Fsp3) is 0.111. The zero-order valence-electron chi connectivity index (χ0n) is 12.7. The monoisotopic (exact) mass is 369 g/mol. The summed E-state index contributed by atoms with van der Waals surface area (Å²) in [6.45, 7) is 3.96. The van der Waals surface area contributed by atoms with Gasteiger partial charge in [0.25, 0.3) is 0 Å². The lowest BCUT2D eigenvalue weighted by molar-refractivity contribution is 0.0971. The summed E-state index contributed by atoms with van der Waals surface area (Å²) < 4.78 is 4.44. The number of carbonyl (C=O) groups excluding carboxylic acids is 1. The SMILES string of the molecule is C=Cc1cccc2c1n(C)c(=N)n2CC(=O)c1ccc(Br)cc1. The summed E-state index contributed by atoms with van der Waals surface area (Å²) in [5, 5.41) is 8.32. The Morgan fingerprint density at radius 3 is 2.61 bits per heavy atom. The van der Waals surface area contributed by atoms with Gasteiger partial charge >= 0.3 is 0 Å². The highest BCUT2D eigenvalue weighted by Gasteiger charge is 2.14. The Morgan fingerprint density at radius 1 is 1.26 bits per heavy atom. The predicted molar refractivity (Wildman–Crippen MR) is 95.3 cm³/mol. The summed E-state index contributed by atoms with van der Waals surface area (Å²) >= 11 is 3.37. The third-order valence-corrected chi connectivity index (χ3v) is 4.46. The van der Waals surface area contributed by atoms with Gasteiger partial charge in [-0.25, -0.2) is 0 Å². The number of hydrogen-bond donors (Lipinski definition) is 1. The van der Waals surface area contributed by atoms with Gasteiger partial charge in [-0.1, -0.05) is 52.9 Å². The quantitative estimate of drug-likeness (QED) is 0.699. The summed E-state index contributed by atoms with van der Waals surface area (Å²) in [6, 6.07) is 13.1. The number of fused-ring (bicyclic) bond motifs is 1. The maximum Gasteiger partial charge on any atom is 0.203 e. The standard InChI is InChI=1S/C18H16BrN3O/c1-3-12-5-4-6-15-17(12)21(2)18(20)22(15)11-16(23)13-7-9-14(19)10-8-13/h3-10,20H,1,11H2,2H3. The second kappa shape index (κ2) is 6.01. The highest BCUT2D eigenvalue weighted by molar-refractivity contribution is 9.10. The number of benzene rings is 2. The van der Waals surface area contributed by atoms with Gasteiger partial charge in [-0.2, -0.15) is 0 Å². The lowest BCUT2D eigenvalue weighted by Crippen LogP contribution is -2.25. The largest absolute Gasteiger partial charge is 0.313 e. The molecule has 1 N–H and O–H groups in total. The van der Waals surface area contributed by atoms with Crippen molar-refractivity contribution in [3.8, 4) is 0 Å². The Bertz CT molecular complexity index is 964. The predicted octanol–water partition coefficient (Wildman–Crippen LogP) is 3.75. The Balaban J connectivity index is 2.09. The lowest BCUT2D eigenvalue weighted by Gasteiger charge is -2.05. The van der Waals surface area contributed by atoms with E-state index in [0.29, 0.717) is 11.2 Å². The van der Waals surface area contributed by atoms with Gasteiger partial charge in [-0.3, -0.25) is 10.2 Å². The molecule has 0 aliphatic heterocycles. The molecule has 0 atom stereocenters. The Hall–Kier alpha value is -2.40. The number of nitrogens with one attached hydrogen (secondary N) is 1. The van der Waals surface area contributed by atoms with Gasteiger partial charge < -0.3 is 9.13 Å². The van der Waals surface area contributed by atoms with Crippen LogP contribution in [0, 0.1) is 5.41 Å². The van der Waals surface area contributed by atoms with Crippen molar-refractivity contribution >= 4 is 38.8 Å². The van der Waals surface area contributed by atoms with Crippen molar-refractivity contribution in [2.75, 3.05) is 0 Å². The highest BCUT2D eigenvalue weighted by Crippen LogP contribution is 2.19. The van der Waals surface area contributed by atoms with E-state index in [1.807, 2.05) is 37.4 Å². The van der Waals surface area contributed by atoms with E-state index in [4.69, 9.17) is 5.41 Å². The van der Waals surface area contributed by atoms with Crippen LogP contribution in [0.4, 0.5) is 0 Å². The third-order valence-electron chi connectivity index (χ3n) is 3.93. The van der Waals surface area contributed by atoms with Crippen molar-refractivity contribution in [2.24, 2.45) is 7.05 Å².